The van der Waals surface area contributed by atoms with Gasteiger partial charge in [0, 0.05) is 13.0 Å². The molecule has 0 spiro atoms. The fraction of sp³-hybridized carbons (Fsp3) is 0.737. The van der Waals surface area contributed by atoms with Crippen LogP contribution in [0.5, 0.6) is 0 Å². The van der Waals surface area contributed by atoms with Crippen molar-refractivity contribution in [3.05, 3.63) is 9.93 Å². The topological polar surface area (TPSA) is 125 Å². The number of fused-ring (bicyclic) bond motifs is 1. The lowest BCUT2D eigenvalue weighted by Gasteiger charge is -2.43. The van der Waals surface area contributed by atoms with E-state index in [4.69, 9.17) is 14.2 Å². The smallest absolute Gasteiger partial charge is 0.359 e. The number of esters is 2. The Labute approximate surface area is 192 Å². The first-order valence-electron chi connectivity index (χ1n) is 9.98. The van der Waals surface area contributed by atoms with Gasteiger partial charge in [-0.05, 0) is 27.7 Å². The predicted octanol–water partition coefficient (Wildman–Crippen LogP) is 1.18. The standard InChI is InChI=1S/C19H27NO8S3/c1-5-28-19(3,4)18(24)27-9-26-16(23)13-17(29-11-6-7-31(25)8-11)30-15-12(10(2)21)14(22)20(13)15/h10-12,15,21H,5-9H2,1-4H3/t10-,11+,12+,15-,31?/m1/s1. The summed E-state index contributed by atoms with van der Waals surface area (Å²) in [5.41, 5.74) is -1.08. The van der Waals surface area contributed by atoms with E-state index in [1.165, 1.54) is 28.4 Å². The first kappa shape index (κ1) is 24.7. The third kappa shape index (κ3) is 5.19. The van der Waals surface area contributed by atoms with E-state index in [9.17, 15) is 24.0 Å². The van der Waals surface area contributed by atoms with E-state index < -0.39 is 47.5 Å². The first-order chi connectivity index (χ1) is 14.6. The largest absolute Gasteiger partial charge is 0.616 e. The number of aliphatic hydroxyl groups is 1. The number of aliphatic hydroxyl groups excluding tert-OH is 1. The molecule has 12 heteroatoms. The minimum atomic E-state index is -1.17. The molecule has 5 atom stereocenters. The fourth-order valence-corrected chi connectivity index (χ4v) is 8.75. The molecule has 31 heavy (non-hydrogen) atoms. The van der Waals surface area contributed by atoms with Crippen LogP contribution in [0.2, 0.25) is 0 Å². The molecule has 1 amide bonds. The molecule has 3 heterocycles. The Morgan fingerprint density at radius 3 is 2.71 bits per heavy atom. The zero-order valence-corrected chi connectivity index (χ0v) is 20.3. The molecule has 3 aliphatic heterocycles. The van der Waals surface area contributed by atoms with Gasteiger partial charge in [-0.1, -0.05) is 22.9 Å². The molecule has 0 radical (unpaired) electrons. The number of carbonyl (C=O) groups excluding carboxylic acids is 3. The molecule has 3 rings (SSSR count). The van der Waals surface area contributed by atoms with E-state index in [1.807, 2.05) is 0 Å². The highest BCUT2D eigenvalue weighted by Crippen LogP contribution is 2.55. The maximum Gasteiger partial charge on any atom is 0.359 e. The lowest BCUT2D eigenvalue weighted by atomic mass is 9.92. The van der Waals surface area contributed by atoms with Gasteiger partial charge in [-0.2, -0.15) is 0 Å². The molecule has 0 aliphatic carbocycles. The van der Waals surface area contributed by atoms with Gasteiger partial charge in [-0.25, -0.2) is 9.59 Å². The third-order valence-electron chi connectivity index (χ3n) is 5.15. The number of amides is 1. The zero-order chi connectivity index (χ0) is 22.9. The van der Waals surface area contributed by atoms with Crippen molar-refractivity contribution in [3.8, 4) is 0 Å². The molecule has 0 aromatic carbocycles. The number of hydrogen-bond donors (Lipinski definition) is 1. The Morgan fingerprint density at radius 2 is 2.13 bits per heavy atom. The van der Waals surface area contributed by atoms with E-state index in [1.54, 1.807) is 27.7 Å². The normalized spacial score (nSPS) is 29.0. The Balaban J connectivity index is 1.68. The van der Waals surface area contributed by atoms with Gasteiger partial charge in [0.2, 0.25) is 12.7 Å². The molecule has 174 valence electrons. The number of rotatable bonds is 9. The van der Waals surface area contributed by atoms with E-state index in [-0.39, 0.29) is 22.2 Å². The van der Waals surface area contributed by atoms with Crippen molar-refractivity contribution in [2.24, 2.45) is 5.92 Å². The van der Waals surface area contributed by atoms with Gasteiger partial charge in [0.15, 0.2) is 11.3 Å². The highest BCUT2D eigenvalue weighted by Gasteiger charge is 2.58. The van der Waals surface area contributed by atoms with Crippen molar-refractivity contribution in [2.45, 2.75) is 56.4 Å². The SMILES string of the molecule is CCOC(C)(C)C(=O)OCOC(=O)C1=C(S[C@H]2CC[S+]([O-])C2)S[C@@H]2[C@@H]([C@@H](C)O)C(=O)N12. The number of β-lactam (4-membered cyclic amide) rings is 1. The number of thioether (sulfide) groups is 2. The Hall–Kier alpha value is -0.920. The lowest BCUT2D eigenvalue weighted by Crippen LogP contribution is -2.60. The summed E-state index contributed by atoms with van der Waals surface area (Å²) in [6.07, 6.45) is -0.0877. The Morgan fingerprint density at radius 1 is 1.42 bits per heavy atom. The lowest BCUT2D eigenvalue weighted by molar-refractivity contribution is -0.183. The quantitative estimate of drug-likeness (QED) is 0.217. The van der Waals surface area contributed by atoms with Crippen molar-refractivity contribution in [1.82, 2.24) is 4.90 Å². The van der Waals surface area contributed by atoms with E-state index in [0.29, 0.717) is 22.3 Å². The van der Waals surface area contributed by atoms with Crippen LogP contribution in [0, 0.1) is 5.92 Å². The second-order valence-electron chi connectivity index (χ2n) is 7.88. The average Bonchev–Trinajstić information content (AvgIpc) is 3.22. The first-order valence-corrected chi connectivity index (χ1v) is 13.2. The van der Waals surface area contributed by atoms with Gasteiger partial charge in [0.1, 0.15) is 16.9 Å². The van der Waals surface area contributed by atoms with E-state index in [2.05, 4.69) is 0 Å². The monoisotopic (exact) mass is 493 g/mol. The van der Waals surface area contributed by atoms with Gasteiger partial charge >= 0.3 is 11.9 Å². The van der Waals surface area contributed by atoms with Crippen LogP contribution in [0.15, 0.2) is 9.93 Å². The van der Waals surface area contributed by atoms with Crippen molar-refractivity contribution in [2.75, 3.05) is 24.9 Å². The number of nitrogens with zero attached hydrogens (tertiary/aromatic N) is 1. The van der Waals surface area contributed by atoms with Crippen LogP contribution in [-0.4, -0.2) is 79.6 Å². The molecular weight excluding hydrogens is 466 g/mol. The second-order valence-corrected chi connectivity index (χ2v) is 12.2. The summed E-state index contributed by atoms with van der Waals surface area (Å²) in [5.74, 6) is -1.26. The molecule has 9 nitrogen and oxygen atoms in total. The van der Waals surface area contributed by atoms with Gasteiger partial charge in [-0.15, -0.1) is 11.8 Å². The third-order valence-corrected chi connectivity index (χ3v) is 9.70. The Bertz CT molecular complexity index is 771. The van der Waals surface area contributed by atoms with Crippen LogP contribution in [0.25, 0.3) is 0 Å². The maximum atomic E-state index is 12.8. The van der Waals surface area contributed by atoms with Gasteiger partial charge < -0.3 is 23.9 Å². The number of ether oxygens (including phenoxy) is 3. The summed E-state index contributed by atoms with van der Waals surface area (Å²) >= 11 is 1.87. The molecule has 1 unspecified atom stereocenters. The number of hydrogen-bond acceptors (Lipinski definition) is 10. The van der Waals surface area contributed by atoms with Gasteiger partial charge in [-0.3, -0.25) is 9.69 Å². The van der Waals surface area contributed by atoms with Crippen LogP contribution in [0.4, 0.5) is 0 Å². The molecule has 2 saturated heterocycles. The van der Waals surface area contributed by atoms with Crippen LogP contribution in [0.3, 0.4) is 0 Å². The highest BCUT2D eigenvalue weighted by atomic mass is 32.2. The summed E-state index contributed by atoms with van der Waals surface area (Å²) in [7, 11) is 0. The average molecular weight is 494 g/mol. The summed E-state index contributed by atoms with van der Waals surface area (Å²) in [6, 6.07) is 0. The number of carbonyl (C=O) groups is 3. The predicted molar refractivity (Wildman–Crippen MR) is 117 cm³/mol. The second kappa shape index (κ2) is 9.92. The molecule has 0 bridgehead atoms. The Kier molecular flexibility index (Phi) is 7.91. The van der Waals surface area contributed by atoms with Crippen LogP contribution < -0.4 is 0 Å². The highest BCUT2D eigenvalue weighted by molar-refractivity contribution is 8.23. The summed E-state index contributed by atoms with van der Waals surface area (Å²) in [4.78, 5) is 38.8. The van der Waals surface area contributed by atoms with Crippen LogP contribution >= 0.6 is 23.5 Å². The molecular formula is C19H27NO8S3. The van der Waals surface area contributed by atoms with Crippen LogP contribution in [-0.2, 0) is 39.8 Å². The van der Waals surface area contributed by atoms with Gasteiger partial charge in [0.25, 0.3) is 0 Å². The molecule has 1 N–H and O–H groups in total. The fourth-order valence-electron chi connectivity index (χ4n) is 3.50. The van der Waals surface area contributed by atoms with E-state index in [0.717, 1.165) is 6.42 Å². The van der Waals surface area contributed by atoms with Crippen molar-refractivity contribution >= 4 is 52.5 Å². The van der Waals surface area contributed by atoms with Crippen molar-refractivity contribution in [1.29, 1.82) is 0 Å². The van der Waals surface area contributed by atoms with E-state index >= 15 is 0 Å². The molecule has 0 saturated carbocycles. The van der Waals surface area contributed by atoms with Crippen molar-refractivity contribution in [3.63, 3.8) is 0 Å². The van der Waals surface area contributed by atoms with Crippen molar-refractivity contribution < 1.29 is 38.3 Å². The summed E-state index contributed by atoms with van der Waals surface area (Å²) in [6.45, 7) is 6.11. The van der Waals surface area contributed by atoms with Crippen LogP contribution in [0.1, 0.15) is 34.1 Å². The molecule has 0 aromatic rings. The molecule has 0 aromatic heterocycles. The van der Waals surface area contributed by atoms with Gasteiger partial charge in [0.05, 0.1) is 21.5 Å². The molecule has 2 fully saturated rings. The maximum absolute atomic E-state index is 12.8. The summed E-state index contributed by atoms with van der Waals surface area (Å²) in [5, 5.41) is 9.62. The minimum absolute atomic E-state index is 0.0785. The zero-order valence-electron chi connectivity index (χ0n) is 17.8. The molecule has 3 aliphatic rings. The summed E-state index contributed by atoms with van der Waals surface area (Å²) < 4.78 is 27.8. The minimum Gasteiger partial charge on any atom is -0.616 e.